The number of nitriles is 2. The Kier molecular flexibility index (Phi) is 8.06. The van der Waals surface area contributed by atoms with E-state index in [9.17, 15) is 33.7 Å². The van der Waals surface area contributed by atoms with Crippen molar-refractivity contribution in [1.82, 2.24) is 10.3 Å². The van der Waals surface area contributed by atoms with Gasteiger partial charge in [0, 0.05) is 43.1 Å². The van der Waals surface area contributed by atoms with Gasteiger partial charge in [0.05, 0.1) is 28.6 Å². The summed E-state index contributed by atoms with van der Waals surface area (Å²) in [7, 11) is 0. The van der Waals surface area contributed by atoms with Crippen LogP contribution < -0.4 is 15.1 Å². The Morgan fingerprint density at radius 1 is 1.12 bits per heavy atom. The first-order valence-corrected chi connectivity index (χ1v) is 13.7. The van der Waals surface area contributed by atoms with Gasteiger partial charge in [-0.15, -0.1) is 11.6 Å². The highest BCUT2D eigenvalue weighted by Gasteiger charge is 2.50. The number of benzene rings is 1. The van der Waals surface area contributed by atoms with E-state index in [4.69, 9.17) is 11.6 Å². The van der Waals surface area contributed by atoms with Crippen molar-refractivity contribution in [3.8, 4) is 12.1 Å². The first-order chi connectivity index (χ1) is 20.1. The lowest BCUT2D eigenvalue weighted by molar-refractivity contribution is -0.133. The molecular formula is C30H25ClF2N6O3. The smallest absolute Gasteiger partial charge is 0.252 e. The standard InChI is InChI=1S/C30H25ClF2N6O3/c31-23-7-2-1-6-22(23)27(28(41)37-20-14-30(32,33)15-20)38(21-5-3-4-18(12-21)16-34)29(42)24-8-9-26(40)39(24)25-13-19(17-35)10-11-36-25/h1-7,10-13,20,22-24,27H,8-9,14-15H2,(H,37,41). The van der Waals surface area contributed by atoms with E-state index < -0.39 is 65.9 Å². The van der Waals surface area contributed by atoms with E-state index in [0.717, 1.165) is 0 Å². The zero-order valence-electron chi connectivity index (χ0n) is 22.2. The Hall–Kier alpha value is -4.61. The van der Waals surface area contributed by atoms with Gasteiger partial charge in [0.15, 0.2) is 0 Å². The van der Waals surface area contributed by atoms with Crippen molar-refractivity contribution in [3.05, 3.63) is 78.0 Å². The molecule has 3 aliphatic rings. The second-order valence-electron chi connectivity index (χ2n) is 10.4. The summed E-state index contributed by atoms with van der Waals surface area (Å²) in [5.74, 6) is -5.29. The normalized spacial score (nSPS) is 23.4. The Bertz CT molecular complexity index is 1560. The molecule has 3 amide bonds. The average molecular weight is 591 g/mol. The van der Waals surface area contributed by atoms with Crippen LogP contribution in [0.4, 0.5) is 20.3 Å². The van der Waals surface area contributed by atoms with Crippen molar-refractivity contribution in [2.45, 2.75) is 55.1 Å². The third-order valence-corrected chi connectivity index (χ3v) is 8.00. The first-order valence-electron chi connectivity index (χ1n) is 13.3. The number of nitrogens with one attached hydrogen (secondary N) is 1. The summed E-state index contributed by atoms with van der Waals surface area (Å²) >= 11 is 6.65. The van der Waals surface area contributed by atoms with Crippen LogP contribution in [-0.2, 0) is 14.4 Å². The Morgan fingerprint density at radius 3 is 2.52 bits per heavy atom. The number of halogens is 3. The van der Waals surface area contributed by atoms with E-state index in [0.29, 0.717) is 0 Å². The van der Waals surface area contributed by atoms with Crippen molar-refractivity contribution < 1.29 is 23.2 Å². The van der Waals surface area contributed by atoms with Crippen LogP contribution in [-0.4, -0.2) is 52.1 Å². The Morgan fingerprint density at radius 2 is 1.83 bits per heavy atom. The number of amides is 3. The highest BCUT2D eigenvalue weighted by atomic mass is 35.5. The molecule has 0 spiro atoms. The molecule has 1 aromatic heterocycles. The number of carbonyl (C=O) groups is 3. The molecule has 2 heterocycles. The lowest BCUT2D eigenvalue weighted by Gasteiger charge is -2.41. The van der Waals surface area contributed by atoms with E-state index in [1.54, 1.807) is 36.4 Å². The number of carbonyl (C=O) groups excluding carboxylic acids is 3. The van der Waals surface area contributed by atoms with Crippen molar-refractivity contribution in [2.75, 3.05) is 9.80 Å². The monoisotopic (exact) mass is 590 g/mol. The minimum absolute atomic E-state index is 0.0131. The molecule has 1 aliphatic heterocycles. The molecule has 1 saturated carbocycles. The second kappa shape index (κ2) is 11.7. The van der Waals surface area contributed by atoms with Gasteiger partial charge in [0.2, 0.25) is 11.8 Å². The zero-order chi connectivity index (χ0) is 30.0. The van der Waals surface area contributed by atoms with E-state index in [-0.39, 0.29) is 35.5 Å². The van der Waals surface area contributed by atoms with E-state index in [1.807, 2.05) is 12.1 Å². The molecule has 1 aromatic carbocycles. The summed E-state index contributed by atoms with van der Waals surface area (Å²) in [6.45, 7) is 0. The van der Waals surface area contributed by atoms with Gasteiger partial charge in [-0.05, 0) is 36.8 Å². The van der Waals surface area contributed by atoms with Crippen LogP contribution in [0.15, 0.2) is 66.9 Å². The van der Waals surface area contributed by atoms with E-state index >= 15 is 0 Å². The Labute approximate surface area is 245 Å². The molecule has 42 heavy (non-hydrogen) atoms. The molecule has 9 nitrogen and oxygen atoms in total. The SMILES string of the molecule is N#Cc1cccc(N(C(=O)C2CCC(=O)N2c2cc(C#N)ccn2)C(C(=O)NC2CC(F)(F)C2)C2C=CC=CC2Cl)c1. The van der Waals surface area contributed by atoms with Crippen molar-refractivity contribution in [2.24, 2.45) is 5.92 Å². The van der Waals surface area contributed by atoms with Gasteiger partial charge in [-0.25, -0.2) is 13.8 Å². The van der Waals surface area contributed by atoms with Crippen molar-refractivity contribution in [3.63, 3.8) is 0 Å². The first kappa shape index (κ1) is 28.9. The number of alkyl halides is 3. The van der Waals surface area contributed by atoms with Crippen LogP contribution in [0.5, 0.6) is 0 Å². The van der Waals surface area contributed by atoms with Crippen LogP contribution in [0, 0.1) is 28.6 Å². The van der Waals surface area contributed by atoms with Gasteiger partial charge in [-0.3, -0.25) is 24.2 Å². The molecule has 0 radical (unpaired) electrons. The topological polar surface area (TPSA) is 130 Å². The molecule has 2 aromatic rings. The molecule has 1 saturated heterocycles. The molecule has 0 bridgehead atoms. The third-order valence-electron chi connectivity index (χ3n) is 7.56. The number of aromatic nitrogens is 1. The van der Waals surface area contributed by atoms with Gasteiger partial charge < -0.3 is 5.32 Å². The molecule has 1 N–H and O–H groups in total. The number of rotatable bonds is 7. The number of allylic oxidation sites excluding steroid dienone is 3. The number of nitrogens with zero attached hydrogens (tertiary/aromatic N) is 5. The maximum atomic E-state index is 14.6. The van der Waals surface area contributed by atoms with E-state index in [2.05, 4.69) is 10.3 Å². The second-order valence-corrected chi connectivity index (χ2v) is 10.9. The summed E-state index contributed by atoms with van der Waals surface area (Å²) in [6, 6.07) is 9.74. The fraction of sp³-hybridized carbons (Fsp3) is 0.333. The quantitative estimate of drug-likeness (QED) is 0.485. The maximum absolute atomic E-state index is 14.6. The highest BCUT2D eigenvalue weighted by Crippen LogP contribution is 2.38. The van der Waals surface area contributed by atoms with Gasteiger partial charge in [-0.1, -0.05) is 30.4 Å². The van der Waals surface area contributed by atoms with Gasteiger partial charge >= 0.3 is 0 Å². The molecule has 12 heteroatoms. The van der Waals surface area contributed by atoms with Crippen LogP contribution in [0.25, 0.3) is 0 Å². The lowest BCUT2D eigenvalue weighted by Crippen LogP contribution is -2.62. The Balaban J connectivity index is 1.60. The maximum Gasteiger partial charge on any atom is 0.252 e. The highest BCUT2D eigenvalue weighted by molar-refractivity contribution is 6.22. The number of hydrogen-bond donors (Lipinski definition) is 1. The van der Waals surface area contributed by atoms with Crippen LogP contribution in [0.1, 0.15) is 36.8 Å². The summed E-state index contributed by atoms with van der Waals surface area (Å²) in [6.07, 6.45) is 7.11. The zero-order valence-corrected chi connectivity index (χ0v) is 22.9. The average Bonchev–Trinajstić information content (AvgIpc) is 3.36. The molecule has 5 rings (SSSR count). The van der Waals surface area contributed by atoms with Crippen LogP contribution in [0.2, 0.25) is 0 Å². The van der Waals surface area contributed by atoms with Crippen molar-refractivity contribution >= 4 is 40.8 Å². The fourth-order valence-corrected chi connectivity index (χ4v) is 5.83. The largest absolute Gasteiger partial charge is 0.351 e. The molecule has 4 atom stereocenters. The molecular weight excluding hydrogens is 566 g/mol. The van der Waals surface area contributed by atoms with Gasteiger partial charge in [-0.2, -0.15) is 10.5 Å². The number of anilines is 2. The molecule has 2 fully saturated rings. The minimum Gasteiger partial charge on any atom is -0.351 e. The predicted octanol–water partition coefficient (Wildman–Crippen LogP) is 3.99. The molecule has 214 valence electrons. The number of hydrogen-bond acceptors (Lipinski definition) is 6. The minimum atomic E-state index is -2.89. The molecule has 2 aliphatic carbocycles. The van der Waals surface area contributed by atoms with Gasteiger partial charge in [0.25, 0.3) is 11.8 Å². The van der Waals surface area contributed by atoms with E-state index in [1.165, 1.54) is 40.3 Å². The summed E-state index contributed by atoms with van der Waals surface area (Å²) in [5, 5.41) is 20.9. The summed E-state index contributed by atoms with van der Waals surface area (Å²) in [5.41, 5.74) is 0.651. The van der Waals surface area contributed by atoms with Crippen LogP contribution >= 0.6 is 11.6 Å². The van der Waals surface area contributed by atoms with Crippen molar-refractivity contribution in [1.29, 1.82) is 10.5 Å². The fourth-order valence-electron chi connectivity index (χ4n) is 5.53. The summed E-state index contributed by atoms with van der Waals surface area (Å²) in [4.78, 5) is 48.2. The summed E-state index contributed by atoms with van der Waals surface area (Å²) < 4.78 is 27.3. The van der Waals surface area contributed by atoms with Crippen LogP contribution in [0.3, 0.4) is 0 Å². The molecule has 4 unspecified atom stereocenters. The number of pyridine rings is 1. The predicted molar refractivity (Wildman–Crippen MR) is 149 cm³/mol. The lowest BCUT2D eigenvalue weighted by atomic mass is 9.86. The third kappa shape index (κ3) is 5.74. The van der Waals surface area contributed by atoms with Gasteiger partial charge in [0.1, 0.15) is 17.9 Å².